The van der Waals surface area contributed by atoms with E-state index in [1.54, 1.807) is 12.2 Å². The summed E-state index contributed by atoms with van der Waals surface area (Å²) in [5.41, 5.74) is 0.626. The SMILES string of the molecule is CCc1cc(/C=C/C(c2cc(C)c(F)c(Cl)c2)C(F)(F)F)ccc1C(=O)NCC(=O)NCC(F)(F)F. The van der Waals surface area contributed by atoms with Crippen LogP contribution in [-0.2, 0) is 11.2 Å². The number of amides is 2. The lowest BCUT2D eigenvalue weighted by molar-refractivity contribution is -0.139. The quantitative estimate of drug-likeness (QED) is 0.398. The van der Waals surface area contributed by atoms with Crippen molar-refractivity contribution in [3.63, 3.8) is 0 Å². The van der Waals surface area contributed by atoms with Gasteiger partial charge in [-0.2, -0.15) is 26.3 Å². The molecular weight excluding hydrogens is 517 g/mol. The Labute approximate surface area is 207 Å². The minimum atomic E-state index is -4.69. The van der Waals surface area contributed by atoms with Crippen molar-refractivity contribution in [1.29, 1.82) is 0 Å². The van der Waals surface area contributed by atoms with Gasteiger partial charge in [0.15, 0.2) is 0 Å². The summed E-state index contributed by atoms with van der Waals surface area (Å²) in [4.78, 5) is 23.9. The Morgan fingerprint density at radius 1 is 1.06 bits per heavy atom. The van der Waals surface area contributed by atoms with Gasteiger partial charge in [-0.25, -0.2) is 4.39 Å². The molecule has 0 saturated heterocycles. The number of halogens is 8. The van der Waals surface area contributed by atoms with Crippen LogP contribution >= 0.6 is 11.6 Å². The van der Waals surface area contributed by atoms with Gasteiger partial charge in [-0.15, -0.1) is 0 Å². The van der Waals surface area contributed by atoms with Crippen molar-refractivity contribution in [2.45, 2.75) is 38.5 Å². The molecule has 1 atom stereocenters. The summed E-state index contributed by atoms with van der Waals surface area (Å²) in [5.74, 6) is -4.64. The maximum absolute atomic E-state index is 13.8. The van der Waals surface area contributed by atoms with E-state index in [0.29, 0.717) is 17.5 Å². The van der Waals surface area contributed by atoms with Crippen molar-refractivity contribution < 1.29 is 40.3 Å². The highest BCUT2D eigenvalue weighted by Gasteiger charge is 2.39. The molecule has 2 N–H and O–H groups in total. The molecule has 2 rings (SSSR count). The predicted octanol–water partition coefficient (Wildman–Crippen LogP) is 6.12. The van der Waals surface area contributed by atoms with E-state index < -0.39 is 54.0 Å². The van der Waals surface area contributed by atoms with Crippen LogP contribution in [0.25, 0.3) is 6.08 Å². The van der Waals surface area contributed by atoms with E-state index in [9.17, 15) is 40.3 Å². The molecule has 0 aliphatic heterocycles. The van der Waals surface area contributed by atoms with Crippen molar-refractivity contribution >= 4 is 29.5 Å². The average Bonchev–Trinajstić information content (AvgIpc) is 2.78. The van der Waals surface area contributed by atoms with Gasteiger partial charge in [-0.05, 0) is 47.7 Å². The molecule has 0 saturated carbocycles. The standard InChI is InChI=1S/C24H22ClF7N2O2/c1-3-15-9-14(4-6-17(15)22(36)33-11-20(35)34-12-23(27,28)29)5-7-18(24(30,31)32)16-8-13(2)21(26)19(25)10-16/h4-10,18H,3,11-12H2,1-2H3,(H,33,36)(H,34,35)/b7-5+. The highest BCUT2D eigenvalue weighted by atomic mass is 35.5. The van der Waals surface area contributed by atoms with E-state index in [4.69, 9.17) is 11.6 Å². The van der Waals surface area contributed by atoms with Crippen LogP contribution in [0.1, 0.15) is 45.5 Å². The van der Waals surface area contributed by atoms with Crippen LogP contribution in [-0.4, -0.2) is 37.3 Å². The van der Waals surface area contributed by atoms with E-state index in [1.807, 2.05) is 0 Å². The van der Waals surface area contributed by atoms with Crippen LogP contribution in [0.2, 0.25) is 5.02 Å². The topological polar surface area (TPSA) is 58.2 Å². The number of aryl methyl sites for hydroxylation is 2. The number of carbonyl (C=O) groups excluding carboxylic acids is 2. The fourth-order valence-electron chi connectivity index (χ4n) is 3.30. The van der Waals surface area contributed by atoms with Crippen LogP contribution in [0.4, 0.5) is 30.7 Å². The monoisotopic (exact) mass is 538 g/mol. The lowest BCUT2D eigenvalue weighted by Crippen LogP contribution is -2.41. The number of nitrogens with one attached hydrogen (secondary N) is 2. The number of carbonyl (C=O) groups is 2. The highest BCUT2D eigenvalue weighted by Crippen LogP contribution is 2.38. The van der Waals surface area contributed by atoms with E-state index in [0.717, 1.165) is 18.2 Å². The Morgan fingerprint density at radius 3 is 2.28 bits per heavy atom. The molecule has 0 fully saturated rings. The summed E-state index contributed by atoms with van der Waals surface area (Å²) in [7, 11) is 0. The van der Waals surface area contributed by atoms with E-state index in [-0.39, 0.29) is 16.7 Å². The maximum atomic E-state index is 13.8. The van der Waals surface area contributed by atoms with E-state index >= 15 is 0 Å². The number of rotatable bonds is 8. The fraction of sp³-hybridized carbons (Fsp3) is 0.333. The third-order valence-electron chi connectivity index (χ3n) is 5.08. The minimum Gasteiger partial charge on any atom is -0.345 e. The molecule has 36 heavy (non-hydrogen) atoms. The lowest BCUT2D eigenvalue weighted by Gasteiger charge is -2.18. The Balaban J connectivity index is 2.21. The molecule has 2 aromatic carbocycles. The van der Waals surface area contributed by atoms with Crippen molar-refractivity contribution in [2.75, 3.05) is 13.1 Å². The predicted molar refractivity (Wildman–Crippen MR) is 121 cm³/mol. The molecule has 0 heterocycles. The Morgan fingerprint density at radius 2 is 1.72 bits per heavy atom. The summed E-state index contributed by atoms with van der Waals surface area (Å²) in [5, 5.41) is 3.40. The largest absolute Gasteiger partial charge is 0.405 e. The zero-order valence-corrected chi connectivity index (χ0v) is 19.8. The molecule has 1 unspecified atom stereocenters. The van der Waals surface area contributed by atoms with Gasteiger partial charge in [0.1, 0.15) is 12.4 Å². The summed E-state index contributed by atoms with van der Waals surface area (Å²) in [6.07, 6.45) is -6.88. The maximum Gasteiger partial charge on any atom is 0.405 e. The van der Waals surface area contributed by atoms with Gasteiger partial charge < -0.3 is 10.6 Å². The third-order valence-corrected chi connectivity index (χ3v) is 5.35. The Hall–Kier alpha value is -3.08. The molecule has 4 nitrogen and oxygen atoms in total. The first-order valence-electron chi connectivity index (χ1n) is 10.6. The Kier molecular flexibility index (Phi) is 9.53. The van der Waals surface area contributed by atoms with Crippen LogP contribution in [0.5, 0.6) is 0 Å². The molecule has 0 aromatic heterocycles. The molecule has 0 radical (unpaired) electrons. The van der Waals surface area contributed by atoms with Gasteiger partial charge in [0.25, 0.3) is 5.91 Å². The van der Waals surface area contributed by atoms with Gasteiger partial charge in [0, 0.05) is 5.56 Å². The molecule has 12 heteroatoms. The molecule has 196 valence electrons. The smallest absolute Gasteiger partial charge is 0.345 e. The summed E-state index contributed by atoms with van der Waals surface area (Å²) in [6, 6.07) is 6.18. The Bertz CT molecular complexity index is 1120. The first kappa shape index (κ1) is 29.2. The normalized spacial score (nSPS) is 13.1. The number of alkyl halides is 6. The van der Waals surface area contributed by atoms with Crippen molar-refractivity contribution in [3.8, 4) is 0 Å². The summed E-state index contributed by atoms with van der Waals surface area (Å²) >= 11 is 5.72. The average molecular weight is 539 g/mol. The zero-order valence-electron chi connectivity index (χ0n) is 19.1. The van der Waals surface area contributed by atoms with Crippen molar-refractivity contribution in [3.05, 3.63) is 75.1 Å². The summed E-state index contributed by atoms with van der Waals surface area (Å²) < 4.78 is 91.4. The van der Waals surface area contributed by atoms with Gasteiger partial charge in [0.05, 0.1) is 17.5 Å². The number of benzene rings is 2. The third kappa shape index (κ3) is 8.25. The summed E-state index contributed by atoms with van der Waals surface area (Å²) in [6.45, 7) is 0.773. The lowest BCUT2D eigenvalue weighted by atomic mass is 9.94. The number of hydrogen-bond acceptors (Lipinski definition) is 2. The molecule has 0 aliphatic carbocycles. The second-order valence-electron chi connectivity index (χ2n) is 7.86. The number of allylic oxidation sites excluding steroid dienone is 1. The van der Waals surface area contributed by atoms with Gasteiger partial charge in [-0.3, -0.25) is 9.59 Å². The first-order valence-corrected chi connectivity index (χ1v) is 10.9. The zero-order chi connectivity index (χ0) is 27.3. The van der Waals surface area contributed by atoms with Crippen LogP contribution in [0.15, 0.2) is 36.4 Å². The molecular formula is C24H22ClF7N2O2. The number of hydrogen-bond donors (Lipinski definition) is 2. The van der Waals surface area contributed by atoms with Crippen molar-refractivity contribution in [1.82, 2.24) is 10.6 Å². The molecule has 0 aliphatic rings. The fourth-order valence-corrected chi connectivity index (χ4v) is 3.57. The van der Waals surface area contributed by atoms with Crippen LogP contribution in [0, 0.1) is 12.7 Å². The van der Waals surface area contributed by atoms with Gasteiger partial charge in [0.2, 0.25) is 5.91 Å². The minimum absolute atomic E-state index is 0.0316. The van der Waals surface area contributed by atoms with E-state index in [1.165, 1.54) is 31.2 Å². The molecule has 2 aromatic rings. The van der Waals surface area contributed by atoms with E-state index in [2.05, 4.69) is 5.32 Å². The first-order chi connectivity index (χ1) is 16.6. The van der Waals surface area contributed by atoms with Gasteiger partial charge >= 0.3 is 12.4 Å². The van der Waals surface area contributed by atoms with Crippen molar-refractivity contribution in [2.24, 2.45) is 0 Å². The molecule has 0 spiro atoms. The highest BCUT2D eigenvalue weighted by molar-refractivity contribution is 6.30. The molecule has 0 bridgehead atoms. The second-order valence-corrected chi connectivity index (χ2v) is 8.26. The van der Waals surface area contributed by atoms with Crippen LogP contribution in [0.3, 0.4) is 0 Å². The van der Waals surface area contributed by atoms with Crippen LogP contribution < -0.4 is 10.6 Å². The molecule has 2 amide bonds. The second kappa shape index (κ2) is 11.8. The van der Waals surface area contributed by atoms with Gasteiger partial charge in [-0.1, -0.05) is 48.9 Å².